The number of nitrogens with one attached hydrogen (secondary N) is 1. The Morgan fingerprint density at radius 3 is 2.69 bits per heavy atom. The second-order valence-corrected chi connectivity index (χ2v) is 6.39. The van der Waals surface area contributed by atoms with Gasteiger partial charge in [0, 0.05) is 23.0 Å². The number of benzene rings is 2. The zero-order chi connectivity index (χ0) is 18.4. The number of aromatic carboxylic acids is 1. The molecule has 2 heterocycles. The minimum atomic E-state index is -1.10. The first-order valence-corrected chi connectivity index (χ1v) is 8.24. The maximum Gasteiger partial charge on any atom is 0.335 e. The molecule has 1 aromatic heterocycles. The van der Waals surface area contributed by atoms with Gasteiger partial charge in [-0.3, -0.25) is 9.59 Å². The summed E-state index contributed by atoms with van der Waals surface area (Å²) in [6.07, 6.45) is 0.0683. The van der Waals surface area contributed by atoms with Crippen molar-refractivity contribution in [3.63, 3.8) is 0 Å². The molecule has 1 aliphatic heterocycles. The van der Waals surface area contributed by atoms with E-state index in [1.165, 1.54) is 18.2 Å². The number of rotatable bonds is 3. The van der Waals surface area contributed by atoms with Crippen LogP contribution in [0.3, 0.4) is 0 Å². The largest absolute Gasteiger partial charge is 0.478 e. The Kier molecular flexibility index (Phi) is 3.61. The number of carboxylic acid groups (broad SMARTS) is 1. The number of anilines is 1. The van der Waals surface area contributed by atoms with Crippen LogP contribution in [0.1, 0.15) is 34.0 Å². The number of H-pyrrole nitrogens is 1. The zero-order valence-electron chi connectivity index (χ0n) is 14.0. The van der Waals surface area contributed by atoms with Crippen molar-refractivity contribution in [2.45, 2.75) is 19.3 Å². The van der Waals surface area contributed by atoms with Gasteiger partial charge in [0.05, 0.1) is 17.2 Å². The minimum Gasteiger partial charge on any atom is -0.478 e. The standard InChI is InChI=1S/C20H16N2O4/c1-11-18(14-7-2-3-8-16(14)21-11)15-10-17(23)22(19(15)24)13-6-4-5-12(9-13)20(25)26/h2-9,15,21H,10H2,1H3,(H,25,26). The van der Waals surface area contributed by atoms with Gasteiger partial charge < -0.3 is 10.1 Å². The highest BCUT2D eigenvalue weighted by Gasteiger charge is 2.42. The number of aryl methyl sites for hydroxylation is 1. The lowest BCUT2D eigenvalue weighted by atomic mass is 9.94. The Morgan fingerprint density at radius 2 is 1.92 bits per heavy atom. The number of nitrogens with zero attached hydrogens (tertiary/aromatic N) is 1. The fourth-order valence-corrected chi connectivity index (χ4v) is 3.65. The molecule has 4 rings (SSSR count). The summed E-state index contributed by atoms with van der Waals surface area (Å²) in [6, 6.07) is 13.6. The zero-order valence-corrected chi connectivity index (χ0v) is 14.0. The quantitative estimate of drug-likeness (QED) is 0.711. The maximum atomic E-state index is 13.0. The van der Waals surface area contributed by atoms with Crippen molar-refractivity contribution in [2.75, 3.05) is 4.90 Å². The number of para-hydroxylation sites is 1. The molecule has 0 spiro atoms. The minimum absolute atomic E-state index is 0.0369. The molecule has 26 heavy (non-hydrogen) atoms. The van der Waals surface area contributed by atoms with E-state index in [1.807, 2.05) is 31.2 Å². The van der Waals surface area contributed by atoms with Crippen molar-refractivity contribution in [2.24, 2.45) is 0 Å². The first-order chi connectivity index (χ1) is 12.5. The van der Waals surface area contributed by atoms with Crippen LogP contribution in [0.15, 0.2) is 48.5 Å². The normalized spacial score (nSPS) is 17.3. The van der Waals surface area contributed by atoms with Crippen molar-refractivity contribution in [1.82, 2.24) is 4.98 Å². The highest BCUT2D eigenvalue weighted by molar-refractivity contribution is 6.23. The molecule has 1 unspecified atom stereocenters. The average molecular weight is 348 g/mol. The number of carbonyl (C=O) groups is 3. The van der Waals surface area contributed by atoms with Crippen LogP contribution in [0.25, 0.3) is 10.9 Å². The summed E-state index contributed by atoms with van der Waals surface area (Å²) in [7, 11) is 0. The Labute approximate surface area is 149 Å². The molecule has 0 bridgehead atoms. The third-order valence-electron chi connectivity index (χ3n) is 4.79. The Morgan fingerprint density at radius 1 is 1.15 bits per heavy atom. The predicted molar refractivity (Wildman–Crippen MR) is 96.3 cm³/mol. The number of fused-ring (bicyclic) bond motifs is 1. The van der Waals surface area contributed by atoms with Crippen molar-refractivity contribution in [3.8, 4) is 0 Å². The molecule has 2 aromatic carbocycles. The van der Waals surface area contributed by atoms with Crippen molar-refractivity contribution >= 4 is 34.4 Å². The number of imide groups is 1. The summed E-state index contributed by atoms with van der Waals surface area (Å²) >= 11 is 0. The van der Waals surface area contributed by atoms with Crippen molar-refractivity contribution < 1.29 is 19.5 Å². The predicted octanol–water partition coefficient (Wildman–Crippen LogP) is 3.22. The van der Waals surface area contributed by atoms with E-state index in [1.54, 1.807) is 6.07 Å². The maximum absolute atomic E-state index is 13.0. The van der Waals surface area contributed by atoms with Crippen LogP contribution >= 0.6 is 0 Å². The van der Waals surface area contributed by atoms with Gasteiger partial charge in [-0.25, -0.2) is 9.69 Å². The van der Waals surface area contributed by atoms with Crippen LogP contribution in [0.4, 0.5) is 5.69 Å². The molecule has 0 aliphatic carbocycles. The summed E-state index contributed by atoms with van der Waals surface area (Å²) in [5.41, 5.74) is 2.94. The van der Waals surface area contributed by atoms with Crippen LogP contribution in [0, 0.1) is 6.92 Å². The smallest absolute Gasteiger partial charge is 0.335 e. The van der Waals surface area contributed by atoms with E-state index >= 15 is 0 Å². The van der Waals surface area contributed by atoms with Gasteiger partial charge in [0.1, 0.15) is 0 Å². The highest BCUT2D eigenvalue weighted by Crippen LogP contribution is 2.38. The summed E-state index contributed by atoms with van der Waals surface area (Å²) in [5.74, 6) is -2.33. The van der Waals surface area contributed by atoms with Crippen LogP contribution in [0.5, 0.6) is 0 Å². The lowest BCUT2D eigenvalue weighted by molar-refractivity contribution is -0.121. The SMILES string of the molecule is Cc1[nH]c2ccccc2c1C1CC(=O)N(c2cccc(C(=O)O)c2)C1=O. The summed E-state index contributed by atoms with van der Waals surface area (Å²) in [5, 5.41) is 10.1. The lowest BCUT2D eigenvalue weighted by Gasteiger charge is -2.16. The van der Waals surface area contributed by atoms with Crippen molar-refractivity contribution in [1.29, 1.82) is 0 Å². The molecular weight excluding hydrogens is 332 g/mol. The van der Waals surface area contributed by atoms with Crippen LogP contribution in [-0.2, 0) is 9.59 Å². The molecule has 2 amide bonds. The molecule has 6 nitrogen and oxygen atoms in total. The fourth-order valence-electron chi connectivity index (χ4n) is 3.65. The second-order valence-electron chi connectivity index (χ2n) is 6.39. The van der Waals surface area contributed by atoms with E-state index in [2.05, 4.69) is 4.98 Å². The van der Waals surface area contributed by atoms with Crippen LogP contribution < -0.4 is 4.90 Å². The first-order valence-electron chi connectivity index (χ1n) is 8.24. The molecule has 3 aromatic rings. The van der Waals surface area contributed by atoms with E-state index in [-0.39, 0.29) is 23.8 Å². The molecule has 2 N–H and O–H groups in total. The number of aromatic nitrogens is 1. The first kappa shape index (κ1) is 16.1. The van der Waals surface area contributed by atoms with Gasteiger partial charge in [-0.15, -0.1) is 0 Å². The molecule has 130 valence electrons. The van der Waals surface area contributed by atoms with Gasteiger partial charge >= 0.3 is 5.97 Å². The average Bonchev–Trinajstić information content (AvgIpc) is 3.10. The van der Waals surface area contributed by atoms with Gasteiger partial charge in [0.15, 0.2) is 0 Å². The third kappa shape index (κ3) is 2.38. The molecular formula is C20H16N2O4. The summed E-state index contributed by atoms with van der Waals surface area (Å²) in [4.78, 5) is 41.1. The highest BCUT2D eigenvalue weighted by atomic mass is 16.4. The van der Waals surface area contributed by atoms with Crippen molar-refractivity contribution in [3.05, 3.63) is 65.4 Å². The van der Waals surface area contributed by atoms with Gasteiger partial charge in [-0.1, -0.05) is 24.3 Å². The number of aromatic amines is 1. The van der Waals surface area contributed by atoms with E-state index < -0.39 is 11.9 Å². The number of amides is 2. The molecule has 0 saturated carbocycles. The van der Waals surface area contributed by atoms with E-state index in [0.29, 0.717) is 5.69 Å². The van der Waals surface area contributed by atoms with Crippen LogP contribution in [-0.4, -0.2) is 27.9 Å². The van der Waals surface area contributed by atoms with Gasteiger partial charge in [-0.05, 0) is 36.8 Å². The van der Waals surface area contributed by atoms with E-state index in [4.69, 9.17) is 5.11 Å². The molecule has 0 radical (unpaired) electrons. The second kappa shape index (κ2) is 5.84. The Hall–Kier alpha value is -3.41. The number of hydrogen-bond acceptors (Lipinski definition) is 3. The van der Waals surface area contributed by atoms with E-state index in [0.717, 1.165) is 27.1 Å². The fraction of sp³-hybridized carbons (Fsp3) is 0.150. The molecule has 1 saturated heterocycles. The molecule has 1 atom stereocenters. The summed E-state index contributed by atoms with van der Waals surface area (Å²) in [6.45, 7) is 1.89. The lowest BCUT2D eigenvalue weighted by Crippen LogP contribution is -2.30. The van der Waals surface area contributed by atoms with Crippen LogP contribution in [0.2, 0.25) is 0 Å². The monoisotopic (exact) mass is 348 g/mol. The molecule has 6 heteroatoms. The number of hydrogen-bond donors (Lipinski definition) is 2. The topological polar surface area (TPSA) is 90.5 Å². The number of carbonyl (C=O) groups excluding carboxylic acids is 2. The van der Waals surface area contributed by atoms with Gasteiger partial charge in [0.2, 0.25) is 11.8 Å². The number of carboxylic acids is 1. The Balaban J connectivity index is 1.77. The van der Waals surface area contributed by atoms with E-state index in [9.17, 15) is 14.4 Å². The molecule has 1 aliphatic rings. The summed E-state index contributed by atoms with van der Waals surface area (Å²) < 4.78 is 0. The molecule has 1 fully saturated rings. The Bertz CT molecular complexity index is 1070. The van der Waals surface area contributed by atoms with Gasteiger partial charge in [0.25, 0.3) is 0 Å². The third-order valence-corrected chi connectivity index (χ3v) is 4.79. The van der Waals surface area contributed by atoms with Gasteiger partial charge in [-0.2, -0.15) is 0 Å².